The van der Waals surface area contributed by atoms with E-state index in [0.717, 1.165) is 17.3 Å². The Bertz CT molecular complexity index is 839. The summed E-state index contributed by atoms with van der Waals surface area (Å²) in [5.41, 5.74) is 6.26. The first-order chi connectivity index (χ1) is 12.0. The van der Waals surface area contributed by atoms with Crippen molar-refractivity contribution in [3.63, 3.8) is 0 Å². The monoisotopic (exact) mass is 405 g/mol. The fourth-order valence-corrected chi connectivity index (χ4v) is 2.79. The number of nitrogens with one attached hydrogen (secondary N) is 2. The molecule has 1 heterocycles. The van der Waals surface area contributed by atoms with Crippen molar-refractivity contribution in [2.24, 2.45) is 11.7 Å². The van der Waals surface area contributed by atoms with Gasteiger partial charge in [-0.2, -0.15) is 0 Å². The van der Waals surface area contributed by atoms with Gasteiger partial charge in [-0.15, -0.1) is 10.2 Å². The van der Waals surface area contributed by atoms with Gasteiger partial charge in [0.15, 0.2) is 17.3 Å². The van der Waals surface area contributed by atoms with Crippen LogP contribution in [0.15, 0.2) is 28.7 Å². The molecule has 2 aromatic rings. The van der Waals surface area contributed by atoms with Crippen LogP contribution in [0.25, 0.3) is 0 Å². The van der Waals surface area contributed by atoms with Gasteiger partial charge in [0.2, 0.25) is 5.91 Å². The van der Waals surface area contributed by atoms with Crippen LogP contribution in [-0.4, -0.2) is 29.1 Å². The lowest BCUT2D eigenvalue weighted by molar-refractivity contribution is -0.117. The third-order valence-corrected chi connectivity index (χ3v) is 4.29. The van der Waals surface area contributed by atoms with E-state index in [1.165, 1.54) is 13.2 Å². The molecule has 1 fully saturated rings. The minimum absolute atomic E-state index is 0.0270. The number of anilines is 3. The SMILES string of the molecule is COc1c(Br)cccc1Nc1cc(NC(=O)C2CC2)nnc1C(N)=O. The number of nitrogens with two attached hydrogens (primary N) is 1. The number of halogens is 1. The number of aromatic nitrogens is 2. The summed E-state index contributed by atoms with van der Waals surface area (Å²) in [4.78, 5) is 23.5. The largest absolute Gasteiger partial charge is 0.493 e. The highest BCUT2D eigenvalue weighted by Gasteiger charge is 2.30. The molecule has 2 amide bonds. The van der Waals surface area contributed by atoms with E-state index in [9.17, 15) is 9.59 Å². The molecule has 4 N–H and O–H groups in total. The number of rotatable bonds is 6. The summed E-state index contributed by atoms with van der Waals surface area (Å²) >= 11 is 3.40. The van der Waals surface area contributed by atoms with Crippen LogP contribution in [0.3, 0.4) is 0 Å². The van der Waals surface area contributed by atoms with Crippen LogP contribution in [-0.2, 0) is 4.79 Å². The van der Waals surface area contributed by atoms with E-state index in [2.05, 4.69) is 36.8 Å². The van der Waals surface area contributed by atoms with Crippen LogP contribution in [0.1, 0.15) is 23.3 Å². The van der Waals surface area contributed by atoms with Gasteiger partial charge in [-0.3, -0.25) is 9.59 Å². The average molecular weight is 406 g/mol. The average Bonchev–Trinajstić information content (AvgIpc) is 3.40. The number of hydrogen-bond acceptors (Lipinski definition) is 6. The molecule has 3 rings (SSSR count). The van der Waals surface area contributed by atoms with Gasteiger partial charge in [0.1, 0.15) is 0 Å². The van der Waals surface area contributed by atoms with Gasteiger partial charge < -0.3 is 21.1 Å². The molecular weight excluding hydrogens is 390 g/mol. The van der Waals surface area contributed by atoms with Gasteiger partial charge >= 0.3 is 0 Å². The third kappa shape index (κ3) is 3.87. The highest BCUT2D eigenvalue weighted by molar-refractivity contribution is 9.10. The maximum atomic E-state index is 11.9. The Labute approximate surface area is 152 Å². The Morgan fingerprint density at radius 2 is 2.04 bits per heavy atom. The number of carbonyl (C=O) groups excluding carboxylic acids is 2. The Kier molecular flexibility index (Phi) is 4.84. The molecule has 0 radical (unpaired) electrons. The Morgan fingerprint density at radius 3 is 2.68 bits per heavy atom. The zero-order chi connectivity index (χ0) is 18.0. The quantitative estimate of drug-likeness (QED) is 0.678. The van der Waals surface area contributed by atoms with Crippen molar-refractivity contribution in [2.45, 2.75) is 12.8 Å². The van der Waals surface area contributed by atoms with E-state index in [0.29, 0.717) is 17.1 Å². The fraction of sp³-hybridized carbons (Fsp3) is 0.250. The minimum Gasteiger partial charge on any atom is -0.493 e. The predicted molar refractivity (Wildman–Crippen MR) is 95.9 cm³/mol. The summed E-state index contributed by atoms with van der Waals surface area (Å²) in [7, 11) is 1.53. The number of carbonyl (C=O) groups is 2. The molecule has 9 heteroatoms. The number of amides is 2. The van der Waals surface area contributed by atoms with Gasteiger partial charge in [0.05, 0.1) is 23.0 Å². The second-order valence-corrected chi connectivity index (χ2v) is 6.42. The molecule has 0 unspecified atom stereocenters. The zero-order valence-electron chi connectivity index (χ0n) is 13.4. The van der Waals surface area contributed by atoms with Crippen molar-refractivity contribution in [1.29, 1.82) is 0 Å². The summed E-state index contributed by atoms with van der Waals surface area (Å²) in [6, 6.07) is 6.93. The van der Waals surface area contributed by atoms with E-state index in [-0.39, 0.29) is 23.3 Å². The molecule has 1 aliphatic carbocycles. The zero-order valence-corrected chi connectivity index (χ0v) is 15.0. The molecule has 1 aliphatic rings. The molecular formula is C16H16BrN5O3. The van der Waals surface area contributed by atoms with Crippen molar-refractivity contribution in [1.82, 2.24) is 10.2 Å². The maximum Gasteiger partial charge on any atom is 0.271 e. The number of primary amides is 1. The van der Waals surface area contributed by atoms with Crippen LogP contribution < -0.4 is 21.1 Å². The second-order valence-electron chi connectivity index (χ2n) is 5.57. The van der Waals surface area contributed by atoms with E-state index < -0.39 is 5.91 Å². The molecule has 1 aromatic heterocycles. The summed E-state index contributed by atoms with van der Waals surface area (Å²) in [5.74, 6) is -0.00740. The van der Waals surface area contributed by atoms with Crippen molar-refractivity contribution >= 4 is 44.9 Å². The first kappa shape index (κ1) is 17.2. The van der Waals surface area contributed by atoms with Gasteiger partial charge in [0, 0.05) is 12.0 Å². The molecule has 0 atom stereocenters. The second kappa shape index (κ2) is 7.06. The topological polar surface area (TPSA) is 119 Å². The molecule has 0 bridgehead atoms. The first-order valence-corrected chi connectivity index (χ1v) is 8.37. The summed E-state index contributed by atoms with van der Waals surface area (Å²) in [6.45, 7) is 0. The summed E-state index contributed by atoms with van der Waals surface area (Å²) < 4.78 is 6.09. The van der Waals surface area contributed by atoms with Gasteiger partial charge in [-0.05, 0) is 40.9 Å². The highest BCUT2D eigenvalue weighted by atomic mass is 79.9. The Hall–Kier alpha value is -2.68. The van der Waals surface area contributed by atoms with Gasteiger partial charge in [-0.1, -0.05) is 6.07 Å². The standard InChI is InChI=1S/C16H16BrN5O3/c1-25-14-9(17)3-2-4-10(14)19-11-7-12(20-16(24)8-5-6-8)21-22-13(11)15(18)23/h2-4,7-8H,5-6H2,1H3,(H2,18,23)(H2,19,20,21,24). The lowest BCUT2D eigenvalue weighted by atomic mass is 10.2. The number of nitrogens with zero attached hydrogens (tertiary/aromatic N) is 2. The molecule has 0 aliphatic heterocycles. The molecule has 0 spiro atoms. The summed E-state index contributed by atoms with van der Waals surface area (Å²) in [5, 5.41) is 13.4. The smallest absolute Gasteiger partial charge is 0.271 e. The van der Waals surface area contributed by atoms with E-state index in [1.807, 2.05) is 12.1 Å². The Morgan fingerprint density at radius 1 is 1.28 bits per heavy atom. The molecule has 1 aromatic carbocycles. The maximum absolute atomic E-state index is 11.9. The number of para-hydroxylation sites is 1. The van der Waals surface area contributed by atoms with Crippen LogP contribution in [0.5, 0.6) is 5.75 Å². The highest BCUT2D eigenvalue weighted by Crippen LogP contribution is 2.35. The first-order valence-electron chi connectivity index (χ1n) is 7.57. The van der Waals surface area contributed by atoms with Crippen molar-refractivity contribution in [2.75, 3.05) is 17.7 Å². The summed E-state index contributed by atoms with van der Waals surface area (Å²) in [6.07, 6.45) is 1.75. The molecule has 25 heavy (non-hydrogen) atoms. The minimum atomic E-state index is -0.732. The van der Waals surface area contributed by atoms with Crippen molar-refractivity contribution in [3.8, 4) is 5.75 Å². The van der Waals surface area contributed by atoms with Crippen LogP contribution >= 0.6 is 15.9 Å². The molecule has 8 nitrogen and oxygen atoms in total. The van der Waals surface area contributed by atoms with Crippen molar-refractivity contribution < 1.29 is 14.3 Å². The molecule has 130 valence electrons. The normalized spacial score (nSPS) is 13.2. The van der Waals surface area contributed by atoms with Crippen LogP contribution in [0.2, 0.25) is 0 Å². The lowest BCUT2D eigenvalue weighted by Gasteiger charge is -2.14. The van der Waals surface area contributed by atoms with Crippen LogP contribution in [0, 0.1) is 5.92 Å². The van der Waals surface area contributed by atoms with Crippen LogP contribution in [0.4, 0.5) is 17.2 Å². The van der Waals surface area contributed by atoms with Crippen molar-refractivity contribution in [3.05, 3.63) is 34.4 Å². The number of hydrogen-bond donors (Lipinski definition) is 3. The number of benzene rings is 1. The third-order valence-electron chi connectivity index (χ3n) is 3.67. The molecule has 0 saturated heterocycles. The van der Waals surface area contributed by atoms with E-state index in [1.54, 1.807) is 6.07 Å². The predicted octanol–water partition coefficient (Wildman–Crippen LogP) is 2.44. The van der Waals surface area contributed by atoms with Gasteiger partial charge in [0.25, 0.3) is 5.91 Å². The van der Waals surface area contributed by atoms with E-state index >= 15 is 0 Å². The lowest BCUT2D eigenvalue weighted by Crippen LogP contribution is -2.19. The fourth-order valence-electron chi connectivity index (χ4n) is 2.26. The number of ether oxygens (including phenoxy) is 1. The molecule has 1 saturated carbocycles. The number of methoxy groups -OCH3 is 1. The van der Waals surface area contributed by atoms with E-state index in [4.69, 9.17) is 10.5 Å². The van der Waals surface area contributed by atoms with Gasteiger partial charge in [-0.25, -0.2) is 0 Å². The Balaban J connectivity index is 1.93.